The fraction of sp³-hybridized carbons (Fsp3) is 0.636. The summed E-state index contributed by atoms with van der Waals surface area (Å²) in [4.78, 5) is 26.7. The number of carbonyl (C=O) groups excluding carboxylic acids is 2. The Morgan fingerprint density at radius 3 is 2.45 bits per heavy atom. The summed E-state index contributed by atoms with van der Waals surface area (Å²) in [5, 5.41) is 0. The van der Waals surface area contributed by atoms with Gasteiger partial charge in [-0.3, -0.25) is 4.79 Å². The SMILES string of the molecule is CCOC(=O)C1(CCCc2ccc(Br)cc2F)CCN(C(=O)OC(C)(C)C)CC1. The number of rotatable bonds is 6. The molecule has 0 atom stereocenters. The maximum atomic E-state index is 14.1. The molecule has 0 aromatic heterocycles. The number of amides is 1. The van der Waals surface area contributed by atoms with E-state index in [2.05, 4.69) is 15.9 Å². The maximum Gasteiger partial charge on any atom is 0.410 e. The summed E-state index contributed by atoms with van der Waals surface area (Å²) in [5.41, 5.74) is -0.555. The van der Waals surface area contributed by atoms with Crippen molar-refractivity contribution < 1.29 is 23.5 Å². The second-order valence-electron chi connectivity index (χ2n) is 8.56. The van der Waals surface area contributed by atoms with Crippen molar-refractivity contribution in [2.45, 2.75) is 65.4 Å². The number of hydrogen-bond donors (Lipinski definition) is 0. The summed E-state index contributed by atoms with van der Waals surface area (Å²) in [5.74, 6) is -0.468. The molecule has 0 N–H and O–H groups in total. The fourth-order valence-corrected chi connectivity index (χ4v) is 3.96. The number of esters is 1. The van der Waals surface area contributed by atoms with Crippen molar-refractivity contribution in [1.82, 2.24) is 4.90 Å². The van der Waals surface area contributed by atoms with Crippen LogP contribution in [0.2, 0.25) is 0 Å². The van der Waals surface area contributed by atoms with Crippen molar-refractivity contribution in [2.75, 3.05) is 19.7 Å². The van der Waals surface area contributed by atoms with E-state index in [1.165, 1.54) is 6.07 Å². The van der Waals surface area contributed by atoms with E-state index in [0.717, 1.165) is 0 Å². The molecule has 1 heterocycles. The van der Waals surface area contributed by atoms with E-state index < -0.39 is 11.0 Å². The molecule has 1 saturated heterocycles. The Balaban J connectivity index is 2.01. The topological polar surface area (TPSA) is 55.8 Å². The van der Waals surface area contributed by atoms with E-state index in [9.17, 15) is 14.0 Å². The molecule has 0 saturated carbocycles. The molecule has 1 amide bonds. The monoisotopic (exact) mass is 471 g/mol. The van der Waals surface area contributed by atoms with Crippen molar-refractivity contribution in [3.05, 3.63) is 34.1 Å². The third kappa shape index (κ3) is 6.69. The number of piperidine rings is 1. The van der Waals surface area contributed by atoms with Crippen LogP contribution in [0.5, 0.6) is 0 Å². The standard InChI is InChI=1S/C22H31BrFNO4/c1-5-28-19(26)22(10-6-7-16-8-9-17(23)15-18(16)24)11-13-25(14-12-22)20(27)29-21(2,3)4/h8-9,15H,5-7,10-14H2,1-4H3. The Hall–Kier alpha value is -1.63. The lowest BCUT2D eigenvalue weighted by molar-refractivity contribution is -0.159. The van der Waals surface area contributed by atoms with E-state index in [1.807, 2.05) is 26.8 Å². The normalized spacial score (nSPS) is 16.4. The number of benzene rings is 1. The average Bonchev–Trinajstić information content (AvgIpc) is 2.63. The first kappa shape index (κ1) is 23.6. The minimum atomic E-state index is -0.639. The molecular weight excluding hydrogens is 441 g/mol. The van der Waals surface area contributed by atoms with E-state index >= 15 is 0 Å². The van der Waals surface area contributed by atoms with Gasteiger partial charge in [0.05, 0.1) is 12.0 Å². The molecule has 1 fully saturated rings. The number of nitrogens with zero attached hydrogens (tertiary/aromatic N) is 1. The quantitative estimate of drug-likeness (QED) is 0.514. The highest BCUT2D eigenvalue weighted by Gasteiger charge is 2.43. The molecule has 0 radical (unpaired) electrons. The van der Waals surface area contributed by atoms with Crippen molar-refractivity contribution in [1.29, 1.82) is 0 Å². The van der Waals surface area contributed by atoms with Crippen LogP contribution in [0.25, 0.3) is 0 Å². The van der Waals surface area contributed by atoms with Gasteiger partial charge in [-0.1, -0.05) is 22.0 Å². The Morgan fingerprint density at radius 1 is 1.24 bits per heavy atom. The van der Waals surface area contributed by atoms with Gasteiger partial charge in [0.25, 0.3) is 0 Å². The zero-order valence-corrected chi connectivity index (χ0v) is 19.3. The van der Waals surface area contributed by atoms with Crippen LogP contribution in [0.1, 0.15) is 58.9 Å². The summed E-state index contributed by atoms with van der Waals surface area (Å²) in [6.45, 7) is 8.49. The third-order valence-corrected chi connectivity index (χ3v) is 5.69. The van der Waals surface area contributed by atoms with Crippen LogP contribution < -0.4 is 0 Å². The molecule has 1 aromatic carbocycles. The van der Waals surface area contributed by atoms with Crippen LogP contribution in [0.15, 0.2) is 22.7 Å². The zero-order chi connectivity index (χ0) is 21.7. The lowest BCUT2D eigenvalue weighted by Gasteiger charge is -2.40. The molecule has 1 aliphatic rings. The van der Waals surface area contributed by atoms with Gasteiger partial charge in [-0.2, -0.15) is 0 Å². The molecule has 2 rings (SSSR count). The van der Waals surface area contributed by atoms with Gasteiger partial charge in [0.1, 0.15) is 11.4 Å². The van der Waals surface area contributed by atoms with Crippen molar-refractivity contribution in [3.8, 4) is 0 Å². The van der Waals surface area contributed by atoms with Crippen LogP contribution in [0, 0.1) is 11.2 Å². The molecule has 1 aromatic rings. The van der Waals surface area contributed by atoms with E-state index in [1.54, 1.807) is 17.9 Å². The molecule has 5 nitrogen and oxygen atoms in total. The third-order valence-electron chi connectivity index (χ3n) is 5.20. The van der Waals surface area contributed by atoms with Gasteiger partial charge in [0.2, 0.25) is 0 Å². The van der Waals surface area contributed by atoms with E-state index in [-0.39, 0.29) is 17.9 Å². The summed E-state index contributed by atoms with van der Waals surface area (Å²) >= 11 is 3.26. The first-order valence-electron chi connectivity index (χ1n) is 10.2. The smallest absolute Gasteiger partial charge is 0.410 e. The molecular formula is C22H31BrFNO4. The van der Waals surface area contributed by atoms with Crippen LogP contribution in [0.4, 0.5) is 9.18 Å². The molecule has 0 bridgehead atoms. The predicted octanol–water partition coefficient (Wildman–Crippen LogP) is 5.49. The summed E-state index contributed by atoms with van der Waals surface area (Å²) in [6.07, 6.45) is 2.51. The maximum absolute atomic E-state index is 14.1. The highest BCUT2D eigenvalue weighted by molar-refractivity contribution is 9.10. The number of aryl methyl sites for hydroxylation is 1. The van der Waals surface area contributed by atoms with Crippen LogP contribution in [0.3, 0.4) is 0 Å². The minimum absolute atomic E-state index is 0.222. The Kier molecular flexibility index (Phi) is 8.09. The molecule has 29 heavy (non-hydrogen) atoms. The second kappa shape index (κ2) is 9.92. The highest BCUT2D eigenvalue weighted by Crippen LogP contribution is 2.38. The van der Waals surface area contributed by atoms with Crippen molar-refractivity contribution in [2.24, 2.45) is 5.41 Å². The van der Waals surface area contributed by atoms with E-state index in [0.29, 0.717) is 61.8 Å². The Morgan fingerprint density at radius 2 is 1.90 bits per heavy atom. The summed E-state index contributed by atoms with van der Waals surface area (Å²) in [6, 6.07) is 5.04. The number of ether oxygens (including phenoxy) is 2. The summed E-state index contributed by atoms with van der Waals surface area (Å²) < 4.78 is 25.6. The van der Waals surface area contributed by atoms with Crippen molar-refractivity contribution in [3.63, 3.8) is 0 Å². The largest absolute Gasteiger partial charge is 0.466 e. The molecule has 1 aliphatic heterocycles. The van der Waals surface area contributed by atoms with Gasteiger partial charge in [-0.15, -0.1) is 0 Å². The molecule has 7 heteroatoms. The second-order valence-corrected chi connectivity index (χ2v) is 9.47. The predicted molar refractivity (Wildman–Crippen MR) is 113 cm³/mol. The van der Waals surface area contributed by atoms with Crippen LogP contribution >= 0.6 is 15.9 Å². The number of halogens is 2. The lowest BCUT2D eigenvalue weighted by atomic mass is 9.74. The summed E-state index contributed by atoms with van der Waals surface area (Å²) in [7, 11) is 0. The molecule has 0 spiro atoms. The first-order chi connectivity index (χ1) is 13.6. The van der Waals surface area contributed by atoms with Crippen LogP contribution in [-0.2, 0) is 20.7 Å². The highest BCUT2D eigenvalue weighted by atomic mass is 79.9. The Labute approximate surface area is 181 Å². The van der Waals surface area contributed by atoms with Gasteiger partial charge in [0.15, 0.2) is 0 Å². The fourth-order valence-electron chi connectivity index (χ4n) is 3.63. The molecule has 0 aliphatic carbocycles. The van der Waals surface area contributed by atoms with Gasteiger partial charge < -0.3 is 14.4 Å². The van der Waals surface area contributed by atoms with Gasteiger partial charge in [-0.05, 0) is 77.5 Å². The average molecular weight is 472 g/mol. The van der Waals surface area contributed by atoms with Gasteiger partial charge in [-0.25, -0.2) is 9.18 Å². The van der Waals surface area contributed by atoms with Gasteiger partial charge in [0, 0.05) is 17.6 Å². The lowest BCUT2D eigenvalue weighted by Crippen LogP contribution is -2.48. The van der Waals surface area contributed by atoms with Gasteiger partial charge >= 0.3 is 12.1 Å². The minimum Gasteiger partial charge on any atom is -0.466 e. The van der Waals surface area contributed by atoms with E-state index in [4.69, 9.17) is 9.47 Å². The Bertz CT molecular complexity index is 724. The zero-order valence-electron chi connectivity index (χ0n) is 17.7. The number of likely N-dealkylation sites (tertiary alicyclic amines) is 1. The van der Waals surface area contributed by atoms with Crippen LogP contribution in [-0.4, -0.2) is 42.3 Å². The molecule has 0 unspecified atom stereocenters. The number of carbonyl (C=O) groups is 2. The first-order valence-corrected chi connectivity index (χ1v) is 10.9. The number of hydrogen-bond acceptors (Lipinski definition) is 4. The van der Waals surface area contributed by atoms with Crippen molar-refractivity contribution >= 4 is 28.0 Å². The molecule has 162 valence electrons.